The van der Waals surface area contributed by atoms with Crippen molar-refractivity contribution in [3.05, 3.63) is 29.3 Å². The number of carbonyl (C=O) groups excluding carboxylic acids is 1. The lowest BCUT2D eigenvalue weighted by atomic mass is 9.81. The zero-order valence-corrected chi connectivity index (χ0v) is 12.7. The maximum Gasteiger partial charge on any atom is 0.320 e. The van der Waals surface area contributed by atoms with Crippen LogP contribution in [-0.4, -0.2) is 16.6 Å². The Morgan fingerprint density at radius 2 is 1.80 bits per heavy atom. The lowest BCUT2D eigenvalue weighted by Gasteiger charge is -2.37. The first-order chi connectivity index (χ1) is 9.52. The van der Waals surface area contributed by atoms with Gasteiger partial charge in [-0.25, -0.2) is 4.79 Å². The first kappa shape index (κ1) is 15.1. The largest absolute Gasteiger partial charge is 0.391 e. The van der Waals surface area contributed by atoms with Crippen molar-refractivity contribution in [2.75, 3.05) is 5.32 Å². The number of anilines is 1. The first-order valence-electron chi connectivity index (χ1n) is 6.66. The summed E-state index contributed by atoms with van der Waals surface area (Å²) in [7, 11) is 0. The molecule has 20 heavy (non-hydrogen) atoms. The van der Waals surface area contributed by atoms with Gasteiger partial charge in [0, 0.05) is 10.7 Å². The van der Waals surface area contributed by atoms with Crippen LogP contribution in [0.2, 0.25) is 5.02 Å². The van der Waals surface area contributed by atoms with Gasteiger partial charge in [-0.3, -0.25) is 0 Å². The molecule has 0 spiro atoms. The number of nitrogens with two attached hydrogens (primary N) is 1. The topological polar surface area (TPSA) is 67.1 Å². The molecule has 0 aromatic heterocycles. The van der Waals surface area contributed by atoms with Gasteiger partial charge in [-0.2, -0.15) is 0 Å². The van der Waals surface area contributed by atoms with Crippen LogP contribution in [-0.2, 0) is 0 Å². The molecule has 1 saturated carbocycles. The molecule has 1 aromatic carbocycles. The van der Waals surface area contributed by atoms with Gasteiger partial charge in [-0.15, -0.1) is 0 Å². The third kappa shape index (κ3) is 3.61. The van der Waals surface area contributed by atoms with Crippen molar-refractivity contribution in [3.63, 3.8) is 0 Å². The number of rotatable bonds is 3. The maximum absolute atomic E-state index is 12.1. The lowest BCUT2D eigenvalue weighted by molar-refractivity contribution is 0.236. The molecule has 0 unspecified atom stereocenters. The summed E-state index contributed by atoms with van der Waals surface area (Å²) in [4.78, 5) is 12.5. The number of carbonyl (C=O) groups is 1. The van der Waals surface area contributed by atoms with Gasteiger partial charge >= 0.3 is 6.03 Å². The van der Waals surface area contributed by atoms with Crippen LogP contribution >= 0.6 is 23.8 Å². The van der Waals surface area contributed by atoms with Crippen LogP contribution in [0.4, 0.5) is 10.5 Å². The van der Waals surface area contributed by atoms with E-state index < -0.39 is 5.54 Å². The van der Waals surface area contributed by atoms with Crippen LogP contribution in [0.15, 0.2) is 24.3 Å². The van der Waals surface area contributed by atoms with Crippen LogP contribution in [0.3, 0.4) is 0 Å². The van der Waals surface area contributed by atoms with Crippen molar-refractivity contribution < 1.29 is 4.79 Å². The number of nitrogens with one attached hydrogen (secondary N) is 2. The summed E-state index contributed by atoms with van der Waals surface area (Å²) in [5, 5.41) is 6.35. The molecular formula is C14H18ClN3OS. The third-order valence-electron chi connectivity index (χ3n) is 3.63. The van der Waals surface area contributed by atoms with E-state index in [1.54, 1.807) is 24.3 Å². The summed E-state index contributed by atoms with van der Waals surface area (Å²) in [6.07, 6.45) is 4.81. The molecule has 1 aromatic rings. The van der Waals surface area contributed by atoms with Gasteiger partial charge in [0.25, 0.3) is 0 Å². The predicted molar refractivity (Wildman–Crippen MR) is 86.2 cm³/mol. The van der Waals surface area contributed by atoms with Crippen LogP contribution in [0.5, 0.6) is 0 Å². The summed E-state index contributed by atoms with van der Waals surface area (Å²) in [5.74, 6) is 0. The number of hydrogen-bond donors (Lipinski definition) is 3. The minimum Gasteiger partial charge on any atom is -0.391 e. The zero-order valence-electron chi connectivity index (χ0n) is 11.1. The molecule has 1 aliphatic rings. The summed E-state index contributed by atoms with van der Waals surface area (Å²) in [6, 6.07) is 6.65. The molecule has 0 radical (unpaired) electrons. The van der Waals surface area contributed by atoms with E-state index in [1.807, 2.05) is 0 Å². The Hall–Kier alpha value is -1.33. The minimum absolute atomic E-state index is 0.290. The normalized spacial score (nSPS) is 17.2. The highest BCUT2D eigenvalue weighted by Crippen LogP contribution is 2.28. The first-order valence-corrected chi connectivity index (χ1v) is 7.45. The summed E-state index contributed by atoms with van der Waals surface area (Å²) >= 11 is 11.0. The molecule has 2 rings (SSSR count). The van der Waals surface area contributed by atoms with E-state index in [2.05, 4.69) is 10.6 Å². The second-order valence-electron chi connectivity index (χ2n) is 5.09. The fourth-order valence-electron chi connectivity index (χ4n) is 2.50. The Morgan fingerprint density at radius 3 is 2.35 bits per heavy atom. The van der Waals surface area contributed by atoms with Crippen molar-refractivity contribution in [1.29, 1.82) is 0 Å². The number of urea groups is 1. The third-order valence-corrected chi connectivity index (χ3v) is 4.28. The number of halogens is 1. The monoisotopic (exact) mass is 311 g/mol. The average Bonchev–Trinajstić information content (AvgIpc) is 2.42. The quantitative estimate of drug-likeness (QED) is 0.749. The SMILES string of the molecule is NC(=S)C1(NC(=O)Nc2ccc(Cl)cc2)CCCCC1. The standard InChI is InChI=1S/C14H18ClN3OS/c15-10-4-6-11(7-5-10)17-13(19)18-14(12(16)20)8-2-1-3-9-14/h4-7H,1-3,8-9H2,(H2,16,20)(H2,17,18,19). The van der Waals surface area contributed by atoms with Crippen molar-refractivity contribution in [2.45, 2.75) is 37.6 Å². The zero-order chi connectivity index (χ0) is 14.6. The highest BCUT2D eigenvalue weighted by atomic mass is 35.5. The average molecular weight is 312 g/mol. The van der Waals surface area contributed by atoms with E-state index in [4.69, 9.17) is 29.6 Å². The second kappa shape index (κ2) is 6.41. The molecule has 2 amide bonds. The predicted octanol–water partition coefficient (Wildman–Crippen LogP) is 3.45. The number of amides is 2. The van der Waals surface area contributed by atoms with Crippen molar-refractivity contribution >= 4 is 40.5 Å². The van der Waals surface area contributed by atoms with Crippen molar-refractivity contribution in [1.82, 2.24) is 5.32 Å². The van der Waals surface area contributed by atoms with Crippen LogP contribution in [0.25, 0.3) is 0 Å². The highest BCUT2D eigenvalue weighted by Gasteiger charge is 2.36. The van der Waals surface area contributed by atoms with E-state index in [1.165, 1.54) is 0 Å². The van der Waals surface area contributed by atoms with E-state index in [-0.39, 0.29) is 6.03 Å². The Kier molecular flexibility index (Phi) is 4.83. The Balaban J connectivity index is 2.01. The Morgan fingerprint density at radius 1 is 1.20 bits per heavy atom. The summed E-state index contributed by atoms with van der Waals surface area (Å²) < 4.78 is 0. The van der Waals surface area contributed by atoms with Crippen molar-refractivity contribution in [3.8, 4) is 0 Å². The Labute approximate surface area is 129 Å². The maximum atomic E-state index is 12.1. The molecule has 1 aliphatic carbocycles. The fourth-order valence-corrected chi connectivity index (χ4v) is 2.88. The van der Waals surface area contributed by atoms with Gasteiger partial charge in [0.05, 0.1) is 10.5 Å². The number of benzene rings is 1. The van der Waals surface area contributed by atoms with Gasteiger partial charge in [0.15, 0.2) is 0 Å². The molecule has 4 N–H and O–H groups in total. The van der Waals surface area contributed by atoms with E-state index in [0.29, 0.717) is 15.7 Å². The molecule has 108 valence electrons. The number of thiocarbonyl (C=S) groups is 1. The number of hydrogen-bond acceptors (Lipinski definition) is 2. The molecule has 0 bridgehead atoms. The van der Waals surface area contributed by atoms with E-state index in [0.717, 1.165) is 32.1 Å². The van der Waals surface area contributed by atoms with Gasteiger partial charge in [0.2, 0.25) is 0 Å². The molecule has 1 fully saturated rings. The summed E-state index contributed by atoms with van der Waals surface area (Å²) in [6.45, 7) is 0. The molecule has 0 heterocycles. The fraction of sp³-hybridized carbons (Fsp3) is 0.429. The molecular weight excluding hydrogens is 294 g/mol. The van der Waals surface area contributed by atoms with Gasteiger partial charge < -0.3 is 16.4 Å². The van der Waals surface area contributed by atoms with E-state index in [9.17, 15) is 4.79 Å². The molecule has 0 aliphatic heterocycles. The van der Waals surface area contributed by atoms with Gasteiger partial charge in [-0.05, 0) is 37.1 Å². The van der Waals surface area contributed by atoms with Crippen LogP contribution in [0, 0.1) is 0 Å². The second-order valence-corrected chi connectivity index (χ2v) is 5.97. The molecule has 0 saturated heterocycles. The smallest absolute Gasteiger partial charge is 0.320 e. The lowest BCUT2D eigenvalue weighted by Crippen LogP contribution is -2.58. The van der Waals surface area contributed by atoms with Gasteiger partial charge in [0.1, 0.15) is 0 Å². The van der Waals surface area contributed by atoms with E-state index >= 15 is 0 Å². The highest BCUT2D eigenvalue weighted by molar-refractivity contribution is 7.80. The molecule has 0 atom stereocenters. The van der Waals surface area contributed by atoms with Crippen LogP contribution in [0.1, 0.15) is 32.1 Å². The molecule has 4 nitrogen and oxygen atoms in total. The minimum atomic E-state index is -0.551. The van der Waals surface area contributed by atoms with Crippen LogP contribution < -0.4 is 16.4 Å². The van der Waals surface area contributed by atoms with Gasteiger partial charge in [-0.1, -0.05) is 43.1 Å². The summed E-state index contributed by atoms with van der Waals surface area (Å²) in [5.41, 5.74) is 5.97. The van der Waals surface area contributed by atoms with Crippen molar-refractivity contribution in [2.24, 2.45) is 5.73 Å². The Bertz CT molecular complexity index is 498. The molecule has 6 heteroatoms.